The monoisotopic (exact) mass is 287 g/mol. The minimum Gasteiger partial charge on any atom is -0.489 e. The molecule has 4 nitrogen and oxygen atoms in total. The van der Waals surface area contributed by atoms with Gasteiger partial charge in [0.05, 0.1) is 12.7 Å². The van der Waals surface area contributed by atoms with Gasteiger partial charge in [0.25, 0.3) is 0 Å². The van der Waals surface area contributed by atoms with E-state index in [-0.39, 0.29) is 6.61 Å². The summed E-state index contributed by atoms with van der Waals surface area (Å²) >= 11 is 0. The fourth-order valence-corrected chi connectivity index (χ4v) is 1.82. The molecule has 112 valence electrons. The van der Waals surface area contributed by atoms with Crippen LogP contribution < -0.4 is 10.1 Å². The number of rotatable bonds is 7. The van der Waals surface area contributed by atoms with E-state index in [1.54, 1.807) is 0 Å². The summed E-state index contributed by atoms with van der Waals surface area (Å²) in [5.74, 6) is 0.795. The Hall–Kier alpha value is -2.04. The second kappa shape index (κ2) is 7.67. The Bertz CT molecular complexity index is 537. The van der Waals surface area contributed by atoms with Crippen LogP contribution in [0.4, 0.5) is 5.69 Å². The summed E-state index contributed by atoms with van der Waals surface area (Å²) in [4.78, 5) is 0. The molecule has 0 heterocycles. The van der Waals surface area contributed by atoms with Gasteiger partial charge in [0.15, 0.2) is 0 Å². The quantitative estimate of drug-likeness (QED) is 0.731. The van der Waals surface area contributed by atoms with Gasteiger partial charge in [0, 0.05) is 12.2 Å². The van der Waals surface area contributed by atoms with Crippen LogP contribution in [-0.2, 0) is 6.61 Å². The van der Waals surface area contributed by atoms with Crippen molar-refractivity contribution in [2.75, 3.05) is 18.5 Å². The lowest BCUT2D eigenvalue weighted by molar-refractivity contribution is 0.105. The molecule has 2 rings (SSSR count). The van der Waals surface area contributed by atoms with Gasteiger partial charge in [-0.25, -0.2) is 0 Å². The minimum atomic E-state index is -0.748. The normalized spacial score (nSPS) is 12.0. The summed E-state index contributed by atoms with van der Waals surface area (Å²) in [5.41, 5.74) is 3.25. The Morgan fingerprint density at radius 2 is 1.71 bits per heavy atom. The first-order valence-electron chi connectivity index (χ1n) is 6.98. The number of aliphatic hydroxyl groups excluding tert-OH is 2. The first-order valence-corrected chi connectivity index (χ1v) is 6.98. The van der Waals surface area contributed by atoms with Gasteiger partial charge in [0.1, 0.15) is 12.4 Å². The molecule has 2 aromatic rings. The fourth-order valence-electron chi connectivity index (χ4n) is 1.82. The molecule has 0 saturated heterocycles. The van der Waals surface area contributed by atoms with E-state index in [1.165, 1.54) is 5.56 Å². The average Bonchev–Trinajstić information content (AvgIpc) is 2.53. The van der Waals surface area contributed by atoms with Gasteiger partial charge < -0.3 is 20.3 Å². The molecular weight excluding hydrogens is 266 g/mol. The summed E-state index contributed by atoms with van der Waals surface area (Å²) in [5, 5.41) is 21.0. The molecule has 1 unspecified atom stereocenters. The highest BCUT2D eigenvalue weighted by Gasteiger charge is 2.01. The van der Waals surface area contributed by atoms with Gasteiger partial charge >= 0.3 is 0 Å². The first kappa shape index (κ1) is 15.4. The Labute approximate surface area is 125 Å². The lowest BCUT2D eigenvalue weighted by atomic mass is 10.2. The van der Waals surface area contributed by atoms with Gasteiger partial charge in [-0.1, -0.05) is 29.8 Å². The van der Waals surface area contributed by atoms with Crippen LogP contribution in [0.15, 0.2) is 48.5 Å². The van der Waals surface area contributed by atoms with Gasteiger partial charge in [-0.2, -0.15) is 0 Å². The molecule has 0 aliphatic heterocycles. The van der Waals surface area contributed by atoms with E-state index in [2.05, 4.69) is 36.5 Å². The Kier molecular flexibility index (Phi) is 5.60. The zero-order valence-corrected chi connectivity index (χ0v) is 12.1. The zero-order valence-electron chi connectivity index (χ0n) is 12.1. The van der Waals surface area contributed by atoms with Crippen LogP contribution in [0.25, 0.3) is 0 Å². The molecular formula is C17H21NO3. The summed E-state index contributed by atoms with van der Waals surface area (Å²) in [6.07, 6.45) is -0.748. The van der Waals surface area contributed by atoms with Crippen molar-refractivity contribution >= 4 is 5.69 Å². The van der Waals surface area contributed by atoms with E-state index >= 15 is 0 Å². The van der Waals surface area contributed by atoms with E-state index in [0.717, 1.165) is 17.0 Å². The number of ether oxygens (including phenoxy) is 1. The summed E-state index contributed by atoms with van der Waals surface area (Å²) in [6.45, 7) is 2.67. The Morgan fingerprint density at radius 3 is 2.33 bits per heavy atom. The number of anilines is 1. The van der Waals surface area contributed by atoms with E-state index in [0.29, 0.717) is 13.2 Å². The SMILES string of the molecule is Cc1ccc(COc2ccc(NCC(O)CO)cc2)cc1. The Morgan fingerprint density at radius 1 is 1.05 bits per heavy atom. The molecule has 0 aliphatic carbocycles. The number of aryl methyl sites for hydroxylation is 1. The molecule has 0 fully saturated rings. The minimum absolute atomic E-state index is 0.245. The van der Waals surface area contributed by atoms with Crippen LogP contribution in [0.3, 0.4) is 0 Å². The molecule has 2 aromatic carbocycles. The van der Waals surface area contributed by atoms with Crippen molar-refractivity contribution in [1.82, 2.24) is 0 Å². The van der Waals surface area contributed by atoms with E-state index < -0.39 is 6.10 Å². The van der Waals surface area contributed by atoms with Crippen molar-refractivity contribution < 1.29 is 14.9 Å². The highest BCUT2D eigenvalue weighted by atomic mass is 16.5. The standard InChI is InChI=1S/C17H21NO3/c1-13-2-4-14(5-3-13)12-21-17-8-6-15(7-9-17)18-10-16(20)11-19/h2-9,16,18-20H,10-12H2,1H3. The molecule has 0 saturated carbocycles. The largest absolute Gasteiger partial charge is 0.489 e. The topological polar surface area (TPSA) is 61.7 Å². The predicted octanol–water partition coefficient (Wildman–Crippen LogP) is 2.34. The molecule has 0 spiro atoms. The third kappa shape index (κ3) is 5.10. The van der Waals surface area contributed by atoms with Crippen LogP contribution in [-0.4, -0.2) is 29.5 Å². The average molecular weight is 287 g/mol. The number of aliphatic hydroxyl groups is 2. The fraction of sp³-hybridized carbons (Fsp3) is 0.294. The number of hydrogen-bond donors (Lipinski definition) is 3. The predicted molar refractivity (Wildman–Crippen MR) is 83.5 cm³/mol. The molecule has 0 aromatic heterocycles. The van der Waals surface area contributed by atoms with Crippen molar-refractivity contribution in [2.45, 2.75) is 19.6 Å². The molecule has 21 heavy (non-hydrogen) atoms. The second-order valence-electron chi connectivity index (χ2n) is 5.02. The molecule has 1 atom stereocenters. The lowest BCUT2D eigenvalue weighted by Crippen LogP contribution is -2.22. The maximum atomic E-state index is 9.27. The van der Waals surface area contributed by atoms with Crippen LogP contribution in [0.1, 0.15) is 11.1 Å². The third-order valence-electron chi connectivity index (χ3n) is 3.13. The van der Waals surface area contributed by atoms with Crippen LogP contribution in [0, 0.1) is 6.92 Å². The van der Waals surface area contributed by atoms with Crippen LogP contribution >= 0.6 is 0 Å². The molecule has 3 N–H and O–H groups in total. The maximum absolute atomic E-state index is 9.27. The number of benzene rings is 2. The summed E-state index contributed by atoms with van der Waals surface area (Å²) in [6, 6.07) is 15.8. The maximum Gasteiger partial charge on any atom is 0.119 e. The highest BCUT2D eigenvalue weighted by molar-refractivity contribution is 5.46. The lowest BCUT2D eigenvalue weighted by Gasteiger charge is -2.11. The van der Waals surface area contributed by atoms with Crippen LogP contribution in [0.5, 0.6) is 5.75 Å². The molecule has 4 heteroatoms. The van der Waals surface area contributed by atoms with Crippen molar-refractivity contribution in [3.63, 3.8) is 0 Å². The smallest absolute Gasteiger partial charge is 0.119 e. The Balaban J connectivity index is 1.83. The summed E-state index contributed by atoms with van der Waals surface area (Å²) in [7, 11) is 0. The third-order valence-corrected chi connectivity index (χ3v) is 3.13. The number of hydrogen-bond acceptors (Lipinski definition) is 4. The van der Waals surface area contributed by atoms with E-state index in [4.69, 9.17) is 9.84 Å². The van der Waals surface area contributed by atoms with Gasteiger partial charge in [-0.15, -0.1) is 0 Å². The van der Waals surface area contributed by atoms with Crippen molar-refractivity contribution in [3.8, 4) is 5.75 Å². The van der Waals surface area contributed by atoms with Gasteiger partial charge in [-0.3, -0.25) is 0 Å². The van der Waals surface area contributed by atoms with E-state index in [9.17, 15) is 5.11 Å². The van der Waals surface area contributed by atoms with E-state index in [1.807, 2.05) is 24.3 Å². The van der Waals surface area contributed by atoms with Gasteiger partial charge in [-0.05, 0) is 36.8 Å². The molecule has 0 amide bonds. The van der Waals surface area contributed by atoms with Crippen molar-refractivity contribution in [2.24, 2.45) is 0 Å². The second-order valence-corrected chi connectivity index (χ2v) is 5.02. The molecule has 0 radical (unpaired) electrons. The van der Waals surface area contributed by atoms with Gasteiger partial charge in [0.2, 0.25) is 0 Å². The molecule has 0 bridgehead atoms. The zero-order chi connectivity index (χ0) is 15.1. The van der Waals surface area contributed by atoms with Crippen LogP contribution in [0.2, 0.25) is 0 Å². The van der Waals surface area contributed by atoms with Crippen molar-refractivity contribution in [1.29, 1.82) is 0 Å². The van der Waals surface area contributed by atoms with Crippen molar-refractivity contribution in [3.05, 3.63) is 59.7 Å². The number of nitrogens with one attached hydrogen (secondary N) is 1. The first-order chi connectivity index (χ1) is 10.2. The highest BCUT2D eigenvalue weighted by Crippen LogP contribution is 2.17. The summed E-state index contributed by atoms with van der Waals surface area (Å²) < 4.78 is 5.72. The molecule has 0 aliphatic rings.